The van der Waals surface area contributed by atoms with Crippen LogP contribution in [-0.2, 0) is 28.5 Å². The highest BCUT2D eigenvalue weighted by molar-refractivity contribution is 5.87. The van der Waals surface area contributed by atoms with E-state index in [-0.39, 0.29) is 41.4 Å². The van der Waals surface area contributed by atoms with Crippen molar-refractivity contribution >= 4 is 35.6 Å². The Hall–Kier alpha value is -6.32. The summed E-state index contributed by atoms with van der Waals surface area (Å²) in [4.78, 5) is 32.0. The maximum Gasteiger partial charge on any atom is 0.417 e. The number of benzene rings is 4. The SMILES string of the molecule is NC1=N[C@@H](CCc2ccc(NC(=O)Oc3ccc(F)cc3)cc2)CO1.NC1=N[C@@H](CCc2ccc(NC(=O)Oc3cccc(C(F)(F)F)c3)cc2)CO1. The molecule has 4 aromatic carbocycles. The lowest BCUT2D eigenvalue weighted by molar-refractivity contribution is -0.137. The predicted molar refractivity (Wildman–Crippen MR) is 189 cm³/mol. The number of aliphatic imine (C=N–C) groups is 2. The van der Waals surface area contributed by atoms with E-state index < -0.39 is 23.9 Å². The monoisotopic (exact) mass is 736 g/mol. The van der Waals surface area contributed by atoms with Crippen molar-refractivity contribution in [1.82, 2.24) is 0 Å². The number of hydrogen-bond donors (Lipinski definition) is 4. The summed E-state index contributed by atoms with van der Waals surface area (Å²) in [5.41, 5.74) is 13.3. The summed E-state index contributed by atoms with van der Waals surface area (Å²) in [6.45, 7) is 1.01. The first-order chi connectivity index (χ1) is 25.4. The number of nitrogens with one attached hydrogen (secondary N) is 2. The van der Waals surface area contributed by atoms with Crippen LogP contribution in [0.5, 0.6) is 11.5 Å². The molecule has 2 aliphatic heterocycles. The minimum absolute atomic E-state index is 0.0419. The van der Waals surface area contributed by atoms with E-state index in [4.69, 9.17) is 30.4 Å². The fourth-order valence-corrected chi connectivity index (χ4v) is 5.08. The quantitative estimate of drug-likeness (QED) is 0.126. The summed E-state index contributed by atoms with van der Waals surface area (Å²) < 4.78 is 71.1. The third-order valence-electron chi connectivity index (χ3n) is 7.80. The van der Waals surface area contributed by atoms with E-state index in [1.165, 1.54) is 36.4 Å². The smallest absolute Gasteiger partial charge is 0.417 e. The van der Waals surface area contributed by atoms with E-state index >= 15 is 0 Å². The summed E-state index contributed by atoms with van der Waals surface area (Å²) in [6, 6.07) is 24.5. The van der Waals surface area contributed by atoms with Crippen LogP contribution in [0.15, 0.2) is 107 Å². The molecule has 12 nitrogen and oxygen atoms in total. The van der Waals surface area contributed by atoms with E-state index in [1.54, 1.807) is 24.3 Å². The number of alkyl halides is 3. The first-order valence-electron chi connectivity index (χ1n) is 16.4. The predicted octanol–water partition coefficient (Wildman–Crippen LogP) is 7.05. The molecule has 6 N–H and O–H groups in total. The number of rotatable bonds is 10. The molecule has 0 radical (unpaired) electrons. The van der Waals surface area contributed by atoms with Gasteiger partial charge in [0.05, 0.1) is 17.6 Å². The van der Waals surface area contributed by atoms with Crippen LogP contribution >= 0.6 is 0 Å². The standard InChI is InChI=1S/C19H18F3N3O3.C18H18FN3O3/c20-19(21,22)13-2-1-3-16(10-13)28-18(26)25-14-7-4-12(5-8-14)6-9-15-11-27-17(23)24-15;19-13-4-9-16(10-5-13)25-18(23)22-14-6-1-12(2-7-14)3-8-15-11-24-17(20)21-15/h1-5,7-8,10,15H,6,9,11H2,(H2,23,24)(H,25,26);1-2,4-7,9-10,15H,3,8,11H2,(H2,20,21)(H,22,23)/t2*15-/m00/s1. The van der Waals surface area contributed by atoms with Crippen molar-refractivity contribution in [2.24, 2.45) is 21.5 Å². The van der Waals surface area contributed by atoms with Crippen molar-refractivity contribution in [3.63, 3.8) is 0 Å². The number of amidine groups is 2. The number of nitrogens with two attached hydrogens (primary N) is 2. The molecule has 2 heterocycles. The van der Waals surface area contributed by atoms with Gasteiger partial charge in [-0.3, -0.25) is 10.6 Å². The van der Waals surface area contributed by atoms with Gasteiger partial charge in [-0.2, -0.15) is 13.2 Å². The molecule has 53 heavy (non-hydrogen) atoms. The molecule has 2 amide bonds. The fraction of sp³-hybridized carbons (Fsp3) is 0.243. The van der Waals surface area contributed by atoms with E-state index in [9.17, 15) is 27.2 Å². The highest BCUT2D eigenvalue weighted by atomic mass is 19.4. The normalized spacial score (nSPS) is 16.2. The Morgan fingerprint density at radius 1 is 0.698 bits per heavy atom. The maximum absolute atomic E-state index is 12.8. The lowest BCUT2D eigenvalue weighted by atomic mass is 10.1. The maximum atomic E-state index is 12.8. The van der Waals surface area contributed by atoms with Crippen LogP contribution in [0.1, 0.15) is 29.5 Å². The topological polar surface area (TPSA) is 172 Å². The molecule has 2 atom stereocenters. The van der Waals surface area contributed by atoms with Gasteiger partial charge in [-0.25, -0.2) is 24.0 Å². The molecule has 0 unspecified atom stereocenters. The van der Waals surface area contributed by atoms with E-state index in [0.717, 1.165) is 48.9 Å². The Labute approximate surface area is 301 Å². The second kappa shape index (κ2) is 17.7. The van der Waals surface area contributed by atoms with Gasteiger partial charge >= 0.3 is 18.4 Å². The van der Waals surface area contributed by atoms with Gasteiger partial charge in [-0.05, 0) is 104 Å². The Balaban J connectivity index is 0.000000206. The average molecular weight is 737 g/mol. The van der Waals surface area contributed by atoms with Gasteiger partial charge in [0.25, 0.3) is 12.0 Å². The second-order valence-corrected chi connectivity index (χ2v) is 11.8. The number of halogens is 4. The fourth-order valence-electron chi connectivity index (χ4n) is 5.08. The Morgan fingerprint density at radius 2 is 1.17 bits per heavy atom. The third-order valence-corrected chi connectivity index (χ3v) is 7.80. The van der Waals surface area contributed by atoms with Crippen LogP contribution in [-0.4, -0.2) is 49.5 Å². The number of carbonyl (C=O) groups is 2. The minimum atomic E-state index is -4.51. The number of hydrogen-bond acceptors (Lipinski definition) is 10. The van der Waals surface area contributed by atoms with E-state index in [0.29, 0.717) is 24.6 Å². The summed E-state index contributed by atoms with van der Waals surface area (Å²) >= 11 is 0. The molecule has 0 aliphatic carbocycles. The van der Waals surface area contributed by atoms with Crippen LogP contribution in [0.3, 0.4) is 0 Å². The highest BCUT2D eigenvalue weighted by Gasteiger charge is 2.30. The molecule has 0 fully saturated rings. The molecular formula is C37H36F4N6O6. The van der Waals surface area contributed by atoms with Crippen molar-refractivity contribution in [3.05, 3.63) is 120 Å². The van der Waals surface area contributed by atoms with Gasteiger partial charge in [-0.1, -0.05) is 30.3 Å². The van der Waals surface area contributed by atoms with E-state index in [1.807, 2.05) is 24.3 Å². The summed E-state index contributed by atoms with van der Waals surface area (Å²) in [5.74, 6) is -0.308. The van der Waals surface area contributed by atoms with Crippen molar-refractivity contribution in [1.29, 1.82) is 0 Å². The zero-order valence-electron chi connectivity index (χ0n) is 28.1. The van der Waals surface area contributed by atoms with Gasteiger partial charge in [0.15, 0.2) is 0 Å². The largest absolute Gasteiger partial charge is 0.463 e. The summed E-state index contributed by atoms with van der Waals surface area (Å²) in [7, 11) is 0. The number of ether oxygens (including phenoxy) is 4. The van der Waals surface area contributed by atoms with Crippen LogP contribution < -0.4 is 31.6 Å². The number of aryl methyl sites for hydroxylation is 2. The van der Waals surface area contributed by atoms with Crippen molar-refractivity contribution in [3.8, 4) is 11.5 Å². The summed E-state index contributed by atoms with van der Waals surface area (Å²) in [5, 5.41) is 5.10. The first kappa shape index (κ1) is 37.9. The van der Waals surface area contributed by atoms with Crippen LogP contribution in [0.25, 0.3) is 0 Å². The summed E-state index contributed by atoms with van der Waals surface area (Å²) in [6.07, 6.45) is -2.78. The van der Waals surface area contributed by atoms with Gasteiger partial charge in [0, 0.05) is 11.4 Å². The second-order valence-electron chi connectivity index (χ2n) is 11.8. The van der Waals surface area contributed by atoms with Gasteiger partial charge in [-0.15, -0.1) is 0 Å². The van der Waals surface area contributed by atoms with Gasteiger partial charge < -0.3 is 30.4 Å². The first-order valence-corrected chi connectivity index (χ1v) is 16.4. The van der Waals surface area contributed by atoms with Gasteiger partial charge in [0.2, 0.25) is 0 Å². The lowest BCUT2D eigenvalue weighted by Gasteiger charge is -2.10. The van der Waals surface area contributed by atoms with Crippen LogP contribution in [0.4, 0.5) is 38.5 Å². The van der Waals surface area contributed by atoms with Crippen molar-refractivity contribution in [2.75, 3.05) is 23.8 Å². The molecule has 278 valence electrons. The van der Waals surface area contributed by atoms with Crippen molar-refractivity contribution < 1.29 is 46.1 Å². The molecule has 2 aliphatic rings. The average Bonchev–Trinajstić information content (AvgIpc) is 3.75. The molecule has 0 bridgehead atoms. The molecule has 0 aromatic heterocycles. The molecule has 0 saturated carbocycles. The number of nitrogens with zero attached hydrogens (tertiary/aromatic N) is 2. The van der Waals surface area contributed by atoms with Gasteiger partial charge in [0.1, 0.15) is 30.5 Å². The Morgan fingerprint density at radius 3 is 1.60 bits per heavy atom. The Bertz CT molecular complexity index is 1910. The molecule has 16 heteroatoms. The lowest BCUT2D eigenvalue weighted by Crippen LogP contribution is -2.17. The minimum Gasteiger partial charge on any atom is -0.463 e. The zero-order valence-corrected chi connectivity index (χ0v) is 28.1. The molecule has 4 aromatic rings. The molecular weight excluding hydrogens is 700 g/mol. The molecule has 0 saturated heterocycles. The number of anilines is 2. The highest BCUT2D eigenvalue weighted by Crippen LogP contribution is 2.31. The van der Waals surface area contributed by atoms with Crippen LogP contribution in [0.2, 0.25) is 0 Å². The van der Waals surface area contributed by atoms with Crippen LogP contribution in [0, 0.1) is 5.82 Å². The Kier molecular flexibility index (Phi) is 12.7. The molecule has 6 rings (SSSR count). The zero-order chi connectivity index (χ0) is 37.8. The number of amides is 2. The third kappa shape index (κ3) is 12.4. The molecule has 0 spiro atoms. The van der Waals surface area contributed by atoms with E-state index in [2.05, 4.69) is 20.6 Å². The number of carbonyl (C=O) groups excluding carboxylic acids is 2. The van der Waals surface area contributed by atoms with Crippen molar-refractivity contribution in [2.45, 2.75) is 43.9 Å².